The van der Waals surface area contributed by atoms with Crippen LogP contribution in [-0.2, 0) is 4.79 Å². The summed E-state index contributed by atoms with van der Waals surface area (Å²) in [6.07, 6.45) is 0. The van der Waals surface area contributed by atoms with E-state index in [0.717, 1.165) is 49.3 Å². The molecule has 1 fully saturated rings. The van der Waals surface area contributed by atoms with Gasteiger partial charge in [-0.1, -0.05) is 19.1 Å². The standard InChI is InChI=1S/C23H26N4O3/c1-2-26-11-13-27(14-12-26)16-23(29)24-17-7-9-18(10-8-17)30-21-15-22(28)25-20-6-4-3-5-19(20)21/h3-10,15H,2,11-14,16H2,1H3,(H,24,29)(H,25,28). The first kappa shape index (κ1) is 20.1. The summed E-state index contributed by atoms with van der Waals surface area (Å²) >= 11 is 0. The Morgan fingerprint density at radius 2 is 1.73 bits per heavy atom. The summed E-state index contributed by atoms with van der Waals surface area (Å²) in [5, 5.41) is 3.77. The van der Waals surface area contributed by atoms with E-state index in [2.05, 4.69) is 27.0 Å². The molecular weight excluding hydrogens is 380 g/mol. The molecule has 0 radical (unpaired) electrons. The van der Waals surface area contributed by atoms with E-state index < -0.39 is 0 Å². The van der Waals surface area contributed by atoms with Crippen molar-refractivity contribution in [1.29, 1.82) is 0 Å². The van der Waals surface area contributed by atoms with Gasteiger partial charge >= 0.3 is 0 Å². The fourth-order valence-corrected chi connectivity index (χ4v) is 3.66. The Labute approximate surface area is 175 Å². The van der Waals surface area contributed by atoms with Gasteiger partial charge in [0.05, 0.1) is 12.1 Å². The third kappa shape index (κ3) is 4.87. The minimum Gasteiger partial charge on any atom is -0.456 e. The number of carbonyl (C=O) groups is 1. The van der Waals surface area contributed by atoms with E-state index >= 15 is 0 Å². The molecule has 7 heteroatoms. The highest BCUT2D eigenvalue weighted by atomic mass is 16.5. The van der Waals surface area contributed by atoms with Crippen molar-refractivity contribution in [1.82, 2.24) is 14.8 Å². The number of para-hydroxylation sites is 1. The number of aromatic amines is 1. The molecule has 1 saturated heterocycles. The number of pyridine rings is 1. The number of fused-ring (bicyclic) bond motifs is 1. The van der Waals surface area contributed by atoms with Gasteiger partial charge in [0.15, 0.2) is 0 Å². The van der Waals surface area contributed by atoms with Crippen LogP contribution in [-0.4, -0.2) is 60.0 Å². The van der Waals surface area contributed by atoms with E-state index in [9.17, 15) is 9.59 Å². The summed E-state index contributed by atoms with van der Waals surface area (Å²) in [6.45, 7) is 7.46. The Morgan fingerprint density at radius 1 is 1.03 bits per heavy atom. The Balaban J connectivity index is 1.37. The molecule has 7 nitrogen and oxygen atoms in total. The molecule has 2 aromatic carbocycles. The predicted octanol–water partition coefficient (Wildman–Crippen LogP) is 2.90. The molecule has 0 bridgehead atoms. The number of carbonyl (C=O) groups excluding carboxylic acids is 1. The molecule has 30 heavy (non-hydrogen) atoms. The number of nitrogens with one attached hydrogen (secondary N) is 2. The van der Waals surface area contributed by atoms with Crippen molar-refractivity contribution in [3.05, 3.63) is 65.0 Å². The normalized spacial score (nSPS) is 15.2. The van der Waals surface area contributed by atoms with Crippen LogP contribution in [0.3, 0.4) is 0 Å². The number of nitrogens with zero attached hydrogens (tertiary/aromatic N) is 2. The monoisotopic (exact) mass is 406 g/mol. The smallest absolute Gasteiger partial charge is 0.252 e. The van der Waals surface area contributed by atoms with E-state index in [1.165, 1.54) is 6.07 Å². The molecule has 1 aromatic heterocycles. The lowest BCUT2D eigenvalue weighted by Crippen LogP contribution is -2.48. The highest BCUT2D eigenvalue weighted by Gasteiger charge is 2.17. The molecule has 0 atom stereocenters. The van der Waals surface area contributed by atoms with Crippen molar-refractivity contribution in [2.45, 2.75) is 6.92 Å². The summed E-state index contributed by atoms with van der Waals surface area (Å²) in [7, 11) is 0. The summed E-state index contributed by atoms with van der Waals surface area (Å²) < 4.78 is 5.93. The highest BCUT2D eigenvalue weighted by molar-refractivity contribution is 5.92. The molecule has 1 aliphatic rings. The summed E-state index contributed by atoms with van der Waals surface area (Å²) in [4.78, 5) is 31.6. The van der Waals surface area contributed by atoms with Crippen molar-refractivity contribution in [2.24, 2.45) is 0 Å². The van der Waals surface area contributed by atoms with Crippen LogP contribution in [0.1, 0.15) is 6.92 Å². The van der Waals surface area contributed by atoms with E-state index in [4.69, 9.17) is 4.74 Å². The topological polar surface area (TPSA) is 77.7 Å². The maximum absolute atomic E-state index is 12.4. The molecular formula is C23H26N4O3. The Kier molecular flexibility index (Phi) is 6.11. The first-order valence-corrected chi connectivity index (χ1v) is 10.3. The second kappa shape index (κ2) is 9.11. The zero-order valence-corrected chi connectivity index (χ0v) is 17.1. The number of likely N-dealkylation sites (N-methyl/N-ethyl adjacent to an activating group) is 1. The minimum absolute atomic E-state index is 0.0193. The SMILES string of the molecule is CCN1CCN(CC(=O)Nc2ccc(Oc3cc(=O)[nH]c4ccccc34)cc2)CC1. The van der Waals surface area contributed by atoms with Crippen molar-refractivity contribution >= 4 is 22.5 Å². The van der Waals surface area contributed by atoms with Crippen LogP contribution in [0, 0.1) is 0 Å². The molecule has 0 unspecified atom stereocenters. The fraction of sp³-hybridized carbons (Fsp3) is 0.304. The van der Waals surface area contributed by atoms with E-state index in [0.29, 0.717) is 18.0 Å². The molecule has 0 aliphatic carbocycles. The number of hydrogen-bond acceptors (Lipinski definition) is 5. The van der Waals surface area contributed by atoms with Crippen LogP contribution in [0.5, 0.6) is 11.5 Å². The molecule has 3 aromatic rings. The van der Waals surface area contributed by atoms with Crippen LogP contribution in [0.2, 0.25) is 0 Å². The van der Waals surface area contributed by atoms with E-state index in [1.54, 1.807) is 24.3 Å². The molecule has 0 saturated carbocycles. The minimum atomic E-state index is -0.215. The lowest BCUT2D eigenvalue weighted by molar-refractivity contribution is -0.117. The molecule has 1 amide bonds. The Hall–Kier alpha value is -3.16. The fourth-order valence-electron chi connectivity index (χ4n) is 3.66. The average molecular weight is 406 g/mol. The molecule has 156 valence electrons. The van der Waals surface area contributed by atoms with E-state index in [-0.39, 0.29) is 11.5 Å². The number of aromatic nitrogens is 1. The van der Waals surface area contributed by atoms with Crippen molar-refractivity contribution in [3.8, 4) is 11.5 Å². The predicted molar refractivity (Wildman–Crippen MR) is 118 cm³/mol. The van der Waals surface area contributed by atoms with Gasteiger partial charge in [0.25, 0.3) is 5.56 Å². The lowest BCUT2D eigenvalue weighted by Gasteiger charge is -2.33. The van der Waals surface area contributed by atoms with Crippen molar-refractivity contribution in [3.63, 3.8) is 0 Å². The van der Waals surface area contributed by atoms with Gasteiger partial charge in [-0.05, 0) is 42.9 Å². The Morgan fingerprint density at radius 3 is 2.47 bits per heavy atom. The lowest BCUT2D eigenvalue weighted by atomic mass is 10.2. The van der Waals surface area contributed by atoms with Gasteiger partial charge in [-0.25, -0.2) is 0 Å². The number of ether oxygens (including phenoxy) is 1. The number of anilines is 1. The van der Waals surface area contributed by atoms with Crippen LogP contribution in [0.25, 0.3) is 10.9 Å². The second-order valence-electron chi connectivity index (χ2n) is 7.43. The summed E-state index contributed by atoms with van der Waals surface area (Å²) in [5.41, 5.74) is 1.23. The summed E-state index contributed by atoms with van der Waals surface area (Å²) in [6, 6.07) is 16.1. The summed E-state index contributed by atoms with van der Waals surface area (Å²) in [5.74, 6) is 1.08. The average Bonchev–Trinajstić information content (AvgIpc) is 2.75. The largest absolute Gasteiger partial charge is 0.456 e. The van der Waals surface area contributed by atoms with Crippen molar-refractivity contribution < 1.29 is 9.53 Å². The number of H-pyrrole nitrogens is 1. The van der Waals surface area contributed by atoms with Gasteiger partial charge in [-0.3, -0.25) is 14.5 Å². The molecule has 4 rings (SSSR count). The molecule has 2 N–H and O–H groups in total. The maximum atomic E-state index is 12.4. The highest BCUT2D eigenvalue weighted by Crippen LogP contribution is 2.28. The van der Waals surface area contributed by atoms with Gasteiger partial charge < -0.3 is 19.9 Å². The van der Waals surface area contributed by atoms with Gasteiger partial charge in [-0.2, -0.15) is 0 Å². The third-order valence-electron chi connectivity index (χ3n) is 5.36. The number of piperazine rings is 1. The number of benzene rings is 2. The van der Waals surface area contributed by atoms with E-state index in [1.807, 2.05) is 24.3 Å². The number of hydrogen-bond donors (Lipinski definition) is 2. The zero-order chi connectivity index (χ0) is 20.9. The number of amides is 1. The first-order valence-electron chi connectivity index (χ1n) is 10.3. The van der Waals surface area contributed by atoms with Crippen molar-refractivity contribution in [2.75, 3.05) is 44.6 Å². The number of rotatable bonds is 6. The van der Waals surface area contributed by atoms with Gasteiger partial charge in [-0.15, -0.1) is 0 Å². The molecule has 2 heterocycles. The molecule has 0 spiro atoms. The van der Waals surface area contributed by atoms with Gasteiger partial charge in [0.1, 0.15) is 11.5 Å². The van der Waals surface area contributed by atoms with Crippen LogP contribution < -0.4 is 15.6 Å². The first-order chi connectivity index (χ1) is 14.6. The third-order valence-corrected chi connectivity index (χ3v) is 5.36. The van der Waals surface area contributed by atoms with Crippen LogP contribution >= 0.6 is 0 Å². The zero-order valence-electron chi connectivity index (χ0n) is 17.1. The quantitative estimate of drug-likeness (QED) is 0.658. The van der Waals surface area contributed by atoms with Crippen LogP contribution in [0.4, 0.5) is 5.69 Å². The second-order valence-corrected chi connectivity index (χ2v) is 7.43. The van der Waals surface area contributed by atoms with Crippen LogP contribution in [0.15, 0.2) is 59.4 Å². The molecule has 1 aliphatic heterocycles. The van der Waals surface area contributed by atoms with Gasteiger partial charge in [0.2, 0.25) is 5.91 Å². The maximum Gasteiger partial charge on any atom is 0.252 e. The van der Waals surface area contributed by atoms with Gasteiger partial charge in [0, 0.05) is 43.3 Å². The Bertz CT molecular complexity index is 1070.